The van der Waals surface area contributed by atoms with Crippen LogP contribution >= 0.6 is 0 Å². The van der Waals surface area contributed by atoms with E-state index in [4.69, 9.17) is 4.42 Å². The highest BCUT2D eigenvalue weighted by Gasteiger charge is 2.23. The zero-order valence-electron chi connectivity index (χ0n) is 11.7. The van der Waals surface area contributed by atoms with Gasteiger partial charge in [-0.15, -0.1) is 5.10 Å². The van der Waals surface area contributed by atoms with E-state index < -0.39 is 11.6 Å². The van der Waals surface area contributed by atoms with E-state index in [1.165, 1.54) is 4.68 Å². The molecule has 1 amide bonds. The number of carbonyl (C=O) groups excluding carboxylic acids is 1. The van der Waals surface area contributed by atoms with Gasteiger partial charge in [0.05, 0.1) is 19.0 Å². The summed E-state index contributed by atoms with van der Waals surface area (Å²) in [7, 11) is 0. The smallest absolute Gasteiger partial charge is 0.245 e. The van der Waals surface area contributed by atoms with Gasteiger partial charge in [0.15, 0.2) is 0 Å². The molecule has 0 aliphatic carbocycles. The van der Waals surface area contributed by atoms with Gasteiger partial charge in [-0.2, -0.15) is 0 Å². The summed E-state index contributed by atoms with van der Waals surface area (Å²) in [6, 6.07) is 3.03. The molecule has 108 valence electrons. The van der Waals surface area contributed by atoms with Crippen molar-refractivity contribution in [3.05, 3.63) is 36.0 Å². The maximum Gasteiger partial charge on any atom is 0.245 e. The van der Waals surface area contributed by atoms with Crippen LogP contribution < -0.4 is 5.32 Å². The van der Waals surface area contributed by atoms with Crippen molar-refractivity contribution in [3.8, 4) is 0 Å². The Morgan fingerprint density at radius 1 is 1.60 bits per heavy atom. The molecule has 7 heteroatoms. The van der Waals surface area contributed by atoms with Crippen LogP contribution in [0, 0.1) is 0 Å². The van der Waals surface area contributed by atoms with E-state index >= 15 is 0 Å². The lowest BCUT2D eigenvalue weighted by Gasteiger charge is -2.13. The molecule has 2 heterocycles. The lowest BCUT2D eigenvalue weighted by atomic mass is 10.1. The zero-order valence-corrected chi connectivity index (χ0v) is 11.7. The van der Waals surface area contributed by atoms with E-state index in [1.807, 2.05) is 0 Å². The van der Waals surface area contributed by atoms with Gasteiger partial charge in [0.1, 0.15) is 23.1 Å². The third kappa shape index (κ3) is 3.24. The molecule has 1 unspecified atom stereocenters. The third-order valence-corrected chi connectivity index (χ3v) is 2.93. The lowest BCUT2D eigenvalue weighted by molar-refractivity contribution is -0.124. The van der Waals surface area contributed by atoms with Crippen LogP contribution in [0.3, 0.4) is 0 Å². The average Bonchev–Trinajstić information content (AvgIpc) is 3.04. The van der Waals surface area contributed by atoms with Crippen LogP contribution in [0.5, 0.6) is 0 Å². The van der Waals surface area contributed by atoms with Crippen molar-refractivity contribution in [3.63, 3.8) is 0 Å². The highest BCUT2D eigenvalue weighted by atomic mass is 16.3. The van der Waals surface area contributed by atoms with E-state index in [9.17, 15) is 9.90 Å². The van der Waals surface area contributed by atoms with Gasteiger partial charge < -0.3 is 14.8 Å². The van der Waals surface area contributed by atoms with Gasteiger partial charge in [-0.25, -0.2) is 4.68 Å². The van der Waals surface area contributed by atoms with E-state index in [1.54, 1.807) is 45.4 Å². The Morgan fingerprint density at radius 3 is 2.90 bits per heavy atom. The molecule has 1 atom stereocenters. The molecule has 0 aliphatic rings. The Bertz CT molecular complexity index is 569. The molecule has 0 saturated heterocycles. The molecular formula is C13H18N4O3. The maximum absolute atomic E-state index is 12.0. The highest BCUT2D eigenvalue weighted by Crippen LogP contribution is 2.17. The summed E-state index contributed by atoms with van der Waals surface area (Å²) in [5, 5.41) is 20.3. The quantitative estimate of drug-likeness (QED) is 0.850. The number of rotatable bonds is 5. The summed E-state index contributed by atoms with van der Waals surface area (Å²) >= 11 is 0. The Kier molecular flexibility index (Phi) is 3.89. The van der Waals surface area contributed by atoms with Crippen molar-refractivity contribution < 1.29 is 14.3 Å². The number of aliphatic hydroxyl groups is 1. The Balaban J connectivity index is 1.98. The molecule has 2 rings (SSSR count). The third-order valence-electron chi connectivity index (χ3n) is 2.93. The van der Waals surface area contributed by atoms with Crippen molar-refractivity contribution in [2.24, 2.45) is 0 Å². The monoisotopic (exact) mass is 278 g/mol. The van der Waals surface area contributed by atoms with Crippen LogP contribution in [0.4, 0.5) is 0 Å². The molecule has 0 bridgehead atoms. The van der Waals surface area contributed by atoms with E-state index in [-0.39, 0.29) is 5.91 Å². The summed E-state index contributed by atoms with van der Waals surface area (Å²) in [6.07, 6.45) is 3.12. The molecule has 2 N–H and O–H groups in total. The molecule has 20 heavy (non-hydrogen) atoms. The van der Waals surface area contributed by atoms with Gasteiger partial charge in [0.2, 0.25) is 5.91 Å². The first-order chi connectivity index (χ1) is 9.38. The fourth-order valence-electron chi connectivity index (χ4n) is 1.60. The van der Waals surface area contributed by atoms with Crippen molar-refractivity contribution in [2.75, 3.05) is 0 Å². The number of nitrogens with zero attached hydrogens (tertiary/aromatic N) is 3. The fraction of sp³-hybridized carbons (Fsp3) is 0.462. The standard InChI is InChI=1S/C13H18N4O3/c1-9(12(18)14-7-10-5-4-6-20-10)17-8-11(15-16-17)13(2,3)19/h4-6,8-9,19H,7H2,1-3H3,(H,14,18). The summed E-state index contributed by atoms with van der Waals surface area (Å²) < 4.78 is 6.56. The summed E-state index contributed by atoms with van der Waals surface area (Å²) in [5.41, 5.74) is -0.661. The van der Waals surface area contributed by atoms with Crippen molar-refractivity contribution in [1.82, 2.24) is 20.3 Å². The molecular weight excluding hydrogens is 260 g/mol. The van der Waals surface area contributed by atoms with Crippen molar-refractivity contribution in [1.29, 1.82) is 0 Å². The van der Waals surface area contributed by atoms with Gasteiger partial charge in [-0.05, 0) is 32.9 Å². The topological polar surface area (TPSA) is 93.2 Å². The van der Waals surface area contributed by atoms with E-state index in [0.29, 0.717) is 18.0 Å². The normalized spacial score (nSPS) is 13.2. The lowest BCUT2D eigenvalue weighted by Crippen LogP contribution is -2.30. The molecule has 2 aromatic rings. The minimum absolute atomic E-state index is 0.200. The Labute approximate surface area is 116 Å². The van der Waals surface area contributed by atoms with Crippen LogP contribution in [0.25, 0.3) is 0 Å². The van der Waals surface area contributed by atoms with Gasteiger partial charge in [0, 0.05) is 0 Å². The van der Waals surface area contributed by atoms with Crippen molar-refractivity contribution in [2.45, 2.75) is 39.0 Å². The second kappa shape index (κ2) is 5.46. The number of aromatic nitrogens is 3. The summed E-state index contributed by atoms with van der Waals surface area (Å²) in [6.45, 7) is 5.26. The molecule has 0 aromatic carbocycles. The largest absolute Gasteiger partial charge is 0.467 e. The second-order valence-corrected chi connectivity index (χ2v) is 5.12. The van der Waals surface area contributed by atoms with Crippen LogP contribution in [0.15, 0.2) is 29.0 Å². The molecule has 0 saturated carbocycles. The first-order valence-corrected chi connectivity index (χ1v) is 6.32. The van der Waals surface area contributed by atoms with Gasteiger partial charge >= 0.3 is 0 Å². The molecule has 0 aliphatic heterocycles. The molecule has 0 spiro atoms. The summed E-state index contributed by atoms with van der Waals surface area (Å²) in [4.78, 5) is 12.0. The predicted molar refractivity (Wildman–Crippen MR) is 70.5 cm³/mol. The second-order valence-electron chi connectivity index (χ2n) is 5.12. The van der Waals surface area contributed by atoms with Gasteiger partial charge in [-0.1, -0.05) is 5.21 Å². The molecule has 0 radical (unpaired) electrons. The number of hydrogen-bond acceptors (Lipinski definition) is 5. The van der Waals surface area contributed by atoms with E-state index in [2.05, 4.69) is 15.6 Å². The van der Waals surface area contributed by atoms with Gasteiger partial charge in [-0.3, -0.25) is 4.79 Å². The SMILES string of the molecule is CC(C(=O)NCc1ccco1)n1cc(C(C)(C)O)nn1. The minimum Gasteiger partial charge on any atom is -0.467 e. The molecule has 0 fully saturated rings. The maximum atomic E-state index is 12.0. The van der Waals surface area contributed by atoms with Gasteiger partial charge in [0.25, 0.3) is 0 Å². The summed E-state index contributed by atoms with van der Waals surface area (Å²) in [5.74, 6) is 0.481. The fourth-order valence-corrected chi connectivity index (χ4v) is 1.60. The number of furan rings is 1. The Hall–Kier alpha value is -2.15. The number of nitrogens with one attached hydrogen (secondary N) is 1. The highest BCUT2D eigenvalue weighted by molar-refractivity contribution is 5.79. The molecule has 7 nitrogen and oxygen atoms in total. The number of amides is 1. The molecule has 2 aromatic heterocycles. The zero-order chi connectivity index (χ0) is 14.8. The number of hydrogen-bond donors (Lipinski definition) is 2. The van der Waals surface area contributed by atoms with E-state index in [0.717, 1.165) is 0 Å². The van der Waals surface area contributed by atoms with Crippen LogP contribution in [-0.4, -0.2) is 26.0 Å². The number of carbonyl (C=O) groups is 1. The first-order valence-electron chi connectivity index (χ1n) is 6.32. The minimum atomic E-state index is -1.08. The first kappa shape index (κ1) is 14.3. The van der Waals surface area contributed by atoms with Crippen LogP contribution in [0.1, 0.15) is 38.3 Å². The van der Waals surface area contributed by atoms with Crippen LogP contribution in [0.2, 0.25) is 0 Å². The van der Waals surface area contributed by atoms with Crippen LogP contribution in [-0.2, 0) is 16.9 Å². The average molecular weight is 278 g/mol. The predicted octanol–water partition coefficient (Wildman–Crippen LogP) is 0.976. The Morgan fingerprint density at radius 2 is 2.35 bits per heavy atom. The van der Waals surface area contributed by atoms with Crippen molar-refractivity contribution >= 4 is 5.91 Å².